The van der Waals surface area contributed by atoms with Crippen LogP contribution < -0.4 is 5.73 Å². The molecule has 25 heavy (non-hydrogen) atoms. The molecule has 0 aromatic heterocycles. The van der Waals surface area contributed by atoms with E-state index >= 15 is 0 Å². The minimum absolute atomic E-state index is 0.00460. The first-order chi connectivity index (χ1) is 11.8. The van der Waals surface area contributed by atoms with Gasteiger partial charge in [-0.25, -0.2) is 0 Å². The second-order valence-electron chi connectivity index (χ2n) is 9.95. The van der Waals surface area contributed by atoms with Crippen LogP contribution in [0.25, 0.3) is 0 Å². The number of nitrogens with two attached hydrogens (primary N) is 1. The Labute approximate surface area is 153 Å². The Morgan fingerprint density at radius 1 is 1.16 bits per heavy atom. The Balaban J connectivity index is 1.67. The van der Waals surface area contributed by atoms with E-state index in [9.17, 15) is 5.11 Å². The molecular weight excluding hydrogens is 310 g/mol. The molecule has 0 amide bonds. The number of ether oxygens (including phenoxy) is 1. The summed E-state index contributed by atoms with van der Waals surface area (Å²) >= 11 is 0. The number of fused-ring (bicyclic) bond motifs is 5. The van der Waals surface area contributed by atoms with Gasteiger partial charge in [-0.15, -0.1) is 0 Å². The monoisotopic (exact) mass is 347 g/mol. The van der Waals surface area contributed by atoms with Crippen molar-refractivity contribution in [1.29, 1.82) is 0 Å². The lowest BCUT2D eigenvalue weighted by molar-refractivity contribution is -0.135. The van der Waals surface area contributed by atoms with Gasteiger partial charge in [-0.2, -0.15) is 0 Å². The molecule has 4 aliphatic rings. The molecule has 0 bridgehead atoms. The average Bonchev–Trinajstić information content (AvgIpc) is 2.83. The molecule has 3 heteroatoms. The van der Waals surface area contributed by atoms with Crippen LogP contribution in [0.15, 0.2) is 11.6 Å². The Morgan fingerprint density at radius 2 is 1.92 bits per heavy atom. The van der Waals surface area contributed by atoms with Crippen molar-refractivity contribution in [3.63, 3.8) is 0 Å². The molecule has 3 saturated carbocycles. The van der Waals surface area contributed by atoms with Crippen molar-refractivity contribution in [1.82, 2.24) is 0 Å². The lowest BCUT2D eigenvalue weighted by atomic mass is 9.46. The lowest BCUT2D eigenvalue weighted by Crippen LogP contribution is -2.60. The molecule has 4 rings (SSSR count). The maximum atomic E-state index is 11.4. The molecule has 6 unspecified atom stereocenters. The maximum Gasteiger partial charge on any atom is 0.0851 e. The van der Waals surface area contributed by atoms with Gasteiger partial charge in [0.2, 0.25) is 0 Å². The molecule has 1 aliphatic heterocycles. The van der Waals surface area contributed by atoms with Crippen LogP contribution in [0, 0.1) is 28.6 Å². The zero-order chi connectivity index (χ0) is 17.9. The molecule has 0 radical (unpaired) electrons. The Hall–Kier alpha value is -0.380. The second kappa shape index (κ2) is 6.07. The fraction of sp³-hybridized carbons (Fsp3) is 0.909. The Kier molecular flexibility index (Phi) is 4.37. The first-order valence-electron chi connectivity index (χ1n) is 10.6. The van der Waals surface area contributed by atoms with Crippen molar-refractivity contribution in [3.05, 3.63) is 11.6 Å². The average molecular weight is 348 g/mol. The summed E-state index contributed by atoms with van der Waals surface area (Å²) in [5.41, 5.74) is 7.64. The molecule has 0 aromatic rings. The second-order valence-corrected chi connectivity index (χ2v) is 9.95. The first-order valence-corrected chi connectivity index (χ1v) is 10.6. The number of allylic oxidation sites excluding steroid dienone is 1. The summed E-state index contributed by atoms with van der Waals surface area (Å²) in [7, 11) is 0. The maximum absolute atomic E-state index is 11.4. The zero-order valence-electron chi connectivity index (χ0n) is 16.4. The fourth-order valence-corrected chi connectivity index (χ4v) is 7.59. The summed E-state index contributed by atoms with van der Waals surface area (Å²) in [4.78, 5) is 0. The highest BCUT2D eigenvalue weighted by molar-refractivity contribution is 5.24. The highest BCUT2D eigenvalue weighted by Crippen LogP contribution is 2.67. The minimum atomic E-state index is -0.672. The summed E-state index contributed by atoms with van der Waals surface area (Å²) < 4.78 is 5.72. The van der Waals surface area contributed by atoms with E-state index in [4.69, 9.17) is 10.5 Å². The zero-order valence-corrected chi connectivity index (χ0v) is 16.4. The molecule has 0 spiro atoms. The largest absolute Gasteiger partial charge is 0.388 e. The Bertz CT molecular complexity index is 558. The number of rotatable bonds is 1. The predicted octanol–water partition coefficient (Wildman–Crippen LogP) is 4.04. The minimum Gasteiger partial charge on any atom is -0.388 e. The van der Waals surface area contributed by atoms with Gasteiger partial charge in [0, 0.05) is 18.1 Å². The van der Waals surface area contributed by atoms with Gasteiger partial charge in [-0.1, -0.05) is 25.5 Å². The van der Waals surface area contributed by atoms with Crippen LogP contribution in [0.3, 0.4) is 0 Å². The summed E-state index contributed by atoms with van der Waals surface area (Å²) in [6.45, 7) is 8.61. The predicted molar refractivity (Wildman–Crippen MR) is 101 cm³/mol. The molecule has 0 aromatic carbocycles. The highest BCUT2D eigenvalue weighted by atomic mass is 16.5. The van der Waals surface area contributed by atoms with Crippen LogP contribution in [-0.4, -0.2) is 30.0 Å². The van der Waals surface area contributed by atoms with E-state index in [1.807, 2.05) is 6.92 Å². The lowest BCUT2D eigenvalue weighted by Gasteiger charge is -2.59. The third-order valence-electron chi connectivity index (χ3n) is 9.14. The summed E-state index contributed by atoms with van der Waals surface area (Å²) in [6.07, 6.45) is 11.8. The van der Waals surface area contributed by atoms with Gasteiger partial charge < -0.3 is 15.6 Å². The summed E-state index contributed by atoms with van der Waals surface area (Å²) in [5.74, 6) is 2.18. The van der Waals surface area contributed by atoms with E-state index in [0.717, 1.165) is 44.3 Å². The molecule has 3 fully saturated rings. The van der Waals surface area contributed by atoms with E-state index in [-0.39, 0.29) is 11.5 Å². The third-order valence-corrected chi connectivity index (χ3v) is 9.14. The van der Waals surface area contributed by atoms with E-state index < -0.39 is 5.60 Å². The van der Waals surface area contributed by atoms with Crippen molar-refractivity contribution < 1.29 is 9.84 Å². The smallest absolute Gasteiger partial charge is 0.0851 e. The van der Waals surface area contributed by atoms with Crippen LogP contribution in [0.4, 0.5) is 0 Å². The fourth-order valence-electron chi connectivity index (χ4n) is 7.59. The van der Waals surface area contributed by atoms with Gasteiger partial charge in [0.05, 0.1) is 12.2 Å². The summed E-state index contributed by atoms with van der Waals surface area (Å²) in [6, 6.07) is -0.132. The van der Waals surface area contributed by atoms with Crippen molar-refractivity contribution in [2.75, 3.05) is 13.2 Å². The van der Waals surface area contributed by atoms with Crippen molar-refractivity contribution in [3.8, 4) is 0 Å². The standard InChI is InChI=1S/C22H37NO2/c1-15(23)22(24)12-8-19-17-6-5-16-9-14-25-13-4-10-20(16,2)18(17)7-11-21(19,22)3/h9,15,17-19,24H,4-8,10-14,23H2,1-3H3/b16-9-/t15?,17?,18?,19?,20?,21?,22-/m1/s1. The van der Waals surface area contributed by atoms with E-state index in [1.165, 1.54) is 32.1 Å². The van der Waals surface area contributed by atoms with E-state index in [1.54, 1.807) is 5.57 Å². The van der Waals surface area contributed by atoms with E-state index in [2.05, 4.69) is 19.9 Å². The molecule has 142 valence electrons. The number of hydrogen-bond acceptors (Lipinski definition) is 3. The van der Waals surface area contributed by atoms with Crippen LogP contribution in [0.1, 0.15) is 72.1 Å². The van der Waals surface area contributed by atoms with Crippen LogP contribution in [0.2, 0.25) is 0 Å². The van der Waals surface area contributed by atoms with Crippen molar-refractivity contribution in [2.24, 2.45) is 34.3 Å². The summed E-state index contributed by atoms with van der Waals surface area (Å²) in [5, 5.41) is 11.4. The van der Waals surface area contributed by atoms with Crippen molar-refractivity contribution >= 4 is 0 Å². The third kappa shape index (κ3) is 2.41. The van der Waals surface area contributed by atoms with Gasteiger partial charge in [-0.05, 0) is 81.5 Å². The molecule has 7 atom stereocenters. The van der Waals surface area contributed by atoms with Gasteiger partial charge in [0.25, 0.3) is 0 Å². The normalized spacial score (nSPS) is 53.5. The van der Waals surface area contributed by atoms with Gasteiger partial charge in [-0.3, -0.25) is 0 Å². The molecule has 1 heterocycles. The number of hydrogen-bond donors (Lipinski definition) is 2. The molecular formula is C22H37NO2. The molecule has 3 aliphatic carbocycles. The SMILES string of the molecule is CC(N)[C@]1(O)CCC2C3CC/C4=C/COCCCC4(C)C3CCC21C. The molecule has 0 saturated heterocycles. The first kappa shape index (κ1) is 18.0. The van der Waals surface area contributed by atoms with E-state index in [0.29, 0.717) is 11.3 Å². The quantitative estimate of drug-likeness (QED) is 0.704. The number of aliphatic hydroxyl groups is 1. The highest BCUT2D eigenvalue weighted by Gasteiger charge is 2.64. The van der Waals surface area contributed by atoms with Gasteiger partial charge in [0.15, 0.2) is 0 Å². The van der Waals surface area contributed by atoms with Crippen LogP contribution >= 0.6 is 0 Å². The molecule has 3 N–H and O–H groups in total. The van der Waals surface area contributed by atoms with Crippen LogP contribution in [0.5, 0.6) is 0 Å². The topological polar surface area (TPSA) is 55.5 Å². The van der Waals surface area contributed by atoms with Crippen molar-refractivity contribution in [2.45, 2.75) is 83.8 Å². The Morgan fingerprint density at radius 3 is 2.68 bits per heavy atom. The molecule has 3 nitrogen and oxygen atoms in total. The van der Waals surface area contributed by atoms with Crippen LogP contribution in [-0.2, 0) is 4.74 Å². The van der Waals surface area contributed by atoms with Gasteiger partial charge >= 0.3 is 0 Å². The van der Waals surface area contributed by atoms with Gasteiger partial charge in [0.1, 0.15) is 0 Å².